The number of hydrogen-bond acceptors (Lipinski definition) is 3. The highest BCUT2D eigenvalue weighted by molar-refractivity contribution is 6.09. The van der Waals surface area contributed by atoms with Crippen LogP contribution in [-0.4, -0.2) is 34.1 Å². The Balaban J connectivity index is 1.76. The van der Waals surface area contributed by atoms with Gasteiger partial charge in [-0.15, -0.1) is 0 Å². The van der Waals surface area contributed by atoms with Crippen molar-refractivity contribution in [1.29, 1.82) is 0 Å². The Kier molecular flexibility index (Phi) is 5.38. The summed E-state index contributed by atoms with van der Waals surface area (Å²) in [6.45, 7) is 3.47. The Morgan fingerprint density at radius 1 is 1.12 bits per heavy atom. The number of carbonyl (C=O) groups is 2. The van der Waals surface area contributed by atoms with E-state index < -0.39 is 29.7 Å². The van der Waals surface area contributed by atoms with Crippen LogP contribution < -0.4 is 10.6 Å². The molecule has 0 unspecified atom stereocenters. The van der Waals surface area contributed by atoms with E-state index in [4.69, 9.17) is 5.73 Å². The first-order valence-electron chi connectivity index (χ1n) is 10.1. The molecule has 32 heavy (non-hydrogen) atoms. The number of hydrogen-bond donors (Lipinski definition) is 1. The number of fused-ring (bicyclic) bond motifs is 1. The maximum absolute atomic E-state index is 14.9. The van der Waals surface area contributed by atoms with Gasteiger partial charge < -0.3 is 10.6 Å². The monoisotopic (exact) mass is 436 g/mol. The molecule has 1 aromatic heterocycles. The van der Waals surface area contributed by atoms with Crippen LogP contribution in [0.4, 0.5) is 14.5 Å². The lowest BCUT2D eigenvalue weighted by Gasteiger charge is -2.23. The number of alkyl halides is 2. The summed E-state index contributed by atoms with van der Waals surface area (Å²) in [5.74, 6) is -4.67. The molecule has 6 nitrogen and oxygen atoms in total. The molecule has 2 amide bonds. The van der Waals surface area contributed by atoms with Crippen molar-refractivity contribution in [3.63, 3.8) is 0 Å². The molecule has 0 saturated heterocycles. The number of nitrogens with zero attached hydrogens (tertiary/aromatic N) is 3. The van der Waals surface area contributed by atoms with E-state index in [-0.39, 0.29) is 12.1 Å². The second-order valence-electron chi connectivity index (χ2n) is 7.79. The van der Waals surface area contributed by atoms with E-state index in [0.29, 0.717) is 16.8 Å². The minimum absolute atomic E-state index is 0.114. The van der Waals surface area contributed by atoms with Gasteiger partial charge in [0.15, 0.2) is 0 Å². The molecule has 0 spiro atoms. The van der Waals surface area contributed by atoms with E-state index in [9.17, 15) is 18.4 Å². The maximum Gasteiger partial charge on any atom is 0.275 e. The maximum atomic E-state index is 14.9. The van der Waals surface area contributed by atoms with Crippen LogP contribution in [-0.2, 0) is 4.79 Å². The number of primary amides is 1. The molecule has 2 N–H and O–H groups in total. The quantitative estimate of drug-likeness (QED) is 0.629. The normalized spacial score (nSPS) is 16.5. The van der Waals surface area contributed by atoms with E-state index in [1.807, 2.05) is 25.3 Å². The molecule has 0 fully saturated rings. The van der Waals surface area contributed by atoms with Crippen LogP contribution in [0.25, 0.3) is 11.3 Å². The van der Waals surface area contributed by atoms with Gasteiger partial charge in [-0.25, -0.2) is 13.5 Å². The van der Waals surface area contributed by atoms with Gasteiger partial charge in [0.05, 0.1) is 17.1 Å². The lowest BCUT2D eigenvalue weighted by Crippen LogP contribution is -2.33. The molecule has 3 aromatic rings. The third kappa shape index (κ3) is 3.91. The second-order valence-corrected chi connectivity index (χ2v) is 7.79. The number of halogens is 2. The summed E-state index contributed by atoms with van der Waals surface area (Å²) in [4.78, 5) is 26.2. The zero-order valence-corrected chi connectivity index (χ0v) is 17.7. The number of aryl methyl sites for hydroxylation is 2. The average molecular weight is 436 g/mol. The molecule has 164 valence electrons. The number of amides is 2. The number of carbonyl (C=O) groups excluding carboxylic acids is 2. The summed E-state index contributed by atoms with van der Waals surface area (Å²) >= 11 is 0. The first-order chi connectivity index (χ1) is 15.2. The molecule has 4 rings (SSSR count). The van der Waals surface area contributed by atoms with Gasteiger partial charge in [-0.05, 0) is 49.7 Å². The zero-order valence-electron chi connectivity index (χ0n) is 17.7. The van der Waals surface area contributed by atoms with Crippen LogP contribution in [0.2, 0.25) is 0 Å². The molecule has 2 aromatic carbocycles. The summed E-state index contributed by atoms with van der Waals surface area (Å²) in [5, 5.41) is 4.37. The predicted octanol–water partition coefficient (Wildman–Crippen LogP) is 4.04. The number of allylic oxidation sites excluding steroid dienone is 1. The number of aromatic nitrogens is 2. The van der Waals surface area contributed by atoms with Crippen molar-refractivity contribution < 1.29 is 18.4 Å². The Morgan fingerprint density at radius 3 is 2.53 bits per heavy atom. The lowest BCUT2D eigenvalue weighted by molar-refractivity contribution is -0.113. The lowest BCUT2D eigenvalue weighted by atomic mass is 9.97. The van der Waals surface area contributed by atoms with Gasteiger partial charge in [0.2, 0.25) is 5.91 Å². The molecule has 2 heterocycles. The fourth-order valence-electron chi connectivity index (χ4n) is 3.91. The first kappa shape index (κ1) is 21.4. The SMILES string of the molecule is Cc1ccn(-c2ccc(C(=O)N3CCC(F)(F)C(=CC(N)=O)c4ccccc43)c(C)c2)n1. The van der Waals surface area contributed by atoms with Crippen molar-refractivity contribution in [2.45, 2.75) is 26.2 Å². The molecule has 1 aliphatic rings. The topological polar surface area (TPSA) is 81.2 Å². The summed E-state index contributed by atoms with van der Waals surface area (Å²) in [6, 6.07) is 13.5. The van der Waals surface area contributed by atoms with Gasteiger partial charge in [0, 0.05) is 41.9 Å². The van der Waals surface area contributed by atoms with E-state index in [1.54, 1.807) is 41.9 Å². The van der Waals surface area contributed by atoms with Crippen LogP contribution >= 0.6 is 0 Å². The minimum Gasteiger partial charge on any atom is -0.366 e. The molecule has 1 aliphatic heterocycles. The number of para-hydroxylation sites is 1. The third-order valence-corrected chi connectivity index (χ3v) is 5.49. The number of nitrogens with two attached hydrogens (primary N) is 1. The van der Waals surface area contributed by atoms with Crippen molar-refractivity contribution in [1.82, 2.24) is 9.78 Å². The fourth-order valence-corrected chi connectivity index (χ4v) is 3.91. The first-order valence-corrected chi connectivity index (χ1v) is 10.1. The molecule has 0 radical (unpaired) electrons. The van der Waals surface area contributed by atoms with Crippen molar-refractivity contribution in [3.05, 3.63) is 83.2 Å². The number of rotatable bonds is 3. The third-order valence-electron chi connectivity index (χ3n) is 5.49. The Labute approximate surface area is 183 Å². The smallest absolute Gasteiger partial charge is 0.275 e. The van der Waals surface area contributed by atoms with Crippen LogP contribution in [0.15, 0.2) is 60.8 Å². The van der Waals surface area contributed by atoms with Gasteiger partial charge in [-0.2, -0.15) is 5.10 Å². The zero-order chi connectivity index (χ0) is 23.0. The van der Waals surface area contributed by atoms with Gasteiger partial charge >= 0.3 is 0 Å². The second kappa shape index (κ2) is 8.03. The highest BCUT2D eigenvalue weighted by atomic mass is 19.3. The molecular weight excluding hydrogens is 414 g/mol. The van der Waals surface area contributed by atoms with Crippen LogP contribution in [0.5, 0.6) is 0 Å². The van der Waals surface area contributed by atoms with Crippen LogP contribution in [0, 0.1) is 13.8 Å². The van der Waals surface area contributed by atoms with Crippen molar-refractivity contribution >= 4 is 23.1 Å². The highest BCUT2D eigenvalue weighted by Gasteiger charge is 2.41. The van der Waals surface area contributed by atoms with Gasteiger partial charge in [0.25, 0.3) is 11.8 Å². The largest absolute Gasteiger partial charge is 0.366 e. The van der Waals surface area contributed by atoms with Gasteiger partial charge in [0.1, 0.15) is 0 Å². The van der Waals surface area contributed by atoms with Gasteiger partial charge in [-0.3, -0.25) is 9.59 Å². The Morgan fingerprint density at radius 2 is 1.88 bits per heavy atom. The van der Waals surface area contributed by atoms with E-state index in [0.717, 1.165) is 17.5 Å². The van der Waals surface area contributed by atoms with Crippen LogP contribution in [0.3, 0.4) is 0 Å². The Bertz CT molecular complexity index is 1250. The average Bonchev–Trinajstić information content (AvgIpc) is 3.14. The summed E-state index contributed by atoms with van der Waals surface area (Å²) in [6.07, 6.45) is 1.94. The van der Waals surface area contributed by atoms with Crippen LogP contribution in [0.1, 0.15) is 33.6 Å². The molecule has 8 heteroatoms. The van der Waals surface area contributed by atoms with Crippen molar-refractivity contribution in [3.8, 4) is 5.69 Å². The van der Waals surface area contributed by atoms with E-state index in [2.05, 4.69) is 5.10 Å². The molecule has 0 bridgehead atoms. The Hall–Kier alpha value is -3.81. The molecular formula is C24H22F2N4O2. The summed E-state index contributed by atoms with van der Waals surface area (Å²) in [5.41, 5.74) is 7.89. The van der Waals surface area contributed by atoms with Gasteiger partial charge in [-0.1, -0.05) is 18.2 Å². The highest BCUT2D eigenvalue weighted by Crippen LogP contribution is 2.43. The predicted molar refractivity (Wildman–Crippen MR) is 118 cm³/mol. The molecule has 0 saturated carbocycles. The van der Waals surface area contributed by atoms with Crippen molar-refractivity contribution in [2.24, 2.45) is 5.73 Å². The summed E-state index contributed by atoms with van der Waals surface area (Å²) in [7, 11) is 0. The van der Waals surface area contributed by atoms with E-state index in [1.165, 1.54) is 11.0 Å². The van der Waals surface area contributed by atoms with E-state index >= 15 is 0 Å². The molecule has 0 aliphatic carbocycles. The fraction of sp³-hybridized carbons (Fsp3) is 0.208. The standard InChI is InChI=1S/C24H22F2N4O2/c1-15-13-17(30-11-9-16(2)28-30)7-8-18(15)23(32)29-12-10-24(25,26)20(14-22(27)31)19-5-3-4-6-21(19)29/h3-9,11,13-14H,10,12H2,1-2H3,(H2,27,31). The number of benzene rings is 2. The summed E-state index contributed by atoms with van der Waals surface area (Å²) < 4.78 is 31.5. The van der Waals surface area contributed by atoms with Crippen molar-refractivity contribution in [2.75, 3.05) is 11.4 Å². The minimum atomic E-state index is -3.31. The number of anilines is 1. The molecule has 0 atom stereocenters.